The van der Waals surface area contributed by atoms with Gasteiger partial charge < -0.3 is 10.5 Å². The van der Waals surface area contributed by atoms with Crippen molar-refractivity contribution < 1.29 is 9.53 Å². The lowest BCUT2D eigenvalue weighted by molar-refractivity contribution is 0.0596. The van der Waals surface area contributed by atoms with Gasteiger partial charge in [0.25, 0.3) is 0 Å². The summed E-state index contributed by atoms with van der Waals surface area (Å²) < 4.78 is 7.07. The van der Waals surface area contributed by atoms with Gasteiger partial charge in [0.1, 0.15) is 12.1 Å². The molecule has 0 radical (unpaired) electrons. The van der Waals surface area contributed by atoms with Crippen LogP contribution in [0.3, 0.4) is 0 Å². The van der Waals surface area contributed by atoms with Crippen LogP contribution >= 0.6 is 15.9 Å². The number of aromatic nitrogens is 2. The standard InChI is InChI=1S/C11H10BrN3O2/c1-17-11(16)9-10(13)15(6-14-9)8-5-3-2-4-7(8)12/h2-6H,13H2,1H3. The van der Waals surface area contributed by atoms with Crippen molar-refractivity contribution in [1.82, 2.24) is 9.55 Å². The van der Waals surface area contributed by atoms with Crippen molar-refractivity contribution in [1.29, 1.82) is 0 Å². The number of imidazole rings is 1. The molecule has 1 heterocycles. The molecule has 0 amide bonds. The topological polar surface area (TPSA) is 70.1 Å². The number of nitrogens with two attached hydrogens (primary N) is 1. The van der Waals surface area contributed by atoms with Gasteiger partial charge in [-0.2, -0.15) is 0 Å². The number of methoxy groups -OCH3 is 1. The monoisotopic (exact) mass is 295 g/mol. The van der Waals surface area contributed by atoms with Crippen molar-refractivity contribution in [2.75, 3.05) is 12.8 Å². The van der Waals surface area contributed by atoms with Crippen LogP contribution in [0.4, 0.5) is 5.82 Å². The maximum atomic E-state index is 11.4. The number of hydrogen-bond acceptors (Lipinski definition) is 4. The Morgan fingerprint density at radius 2 is 2.18 bits per heavy atom. The maximum absolute atomic E-state index is 11.4. The number of benzene rings is 1. The molecule has 0 unspecified atom stereocenters. The molecular formula is C11H10BrN3O2. The minimum Gasteiger partial charge on any atom is -0.464 e. The highest BCUT2D eigenvalue weighted by molar-refractivity contribution is 9.10. The lowest BCUT2D eigenvalue weighted by atomic mass is 10.3. The van der Waals surface area contributed by atoms with E-state index in [0.29, 0.717) is 0 Å². The highest BCUT2D eigenvalue weighted by atomic mass is 79.9. The number of halogens is 1. The summed E-state index contributed by atoms with van der Waals surface area (Å²) >= 11 is 3.41. The van der Waals surface area contributed by atoms with Gasteiger partial charge in [-0.1, -0.05) is 12.1 Å². The minimum atomic E-state index is -0.548. The number of nitrogens with zero attached hydrogens (tertiary/aromatic N) is 2. The molecule has 88 valence electrons. The molecule has 0 aliphatic carbocycles. The van der Waals surface area contributed by atoms with Crippen LogP contribution < -0.4 is 5.73 Å². The molecular weight excluding hydrogens is 286 g/mol. The summed E-state index contributed by atoms with van der Waals surface area (Å²) in [5.74, 6) is -0.294. The van der Waals surface area contributed by atoms with Crippen molar-refractivity contribution in [2.45, 2.75) is 0 Å². The Kier molecular flexibility index (Phi) is 3.14. The summed E-state index contributed by atoms with van der Waals surface area (Å²) in [7, 11) is 1.29. The fourth-order valence-corrected chi connectivity index (χ4v) is 1.93. The molecule has 1 aromatic carbocycles. The quantitative estimate of drug-likeness (QED) is 0.861. The van der Waals surface area contributed by atoms with Crippen LogP contribution in [-0.2, 0) is 4.74 Å². The van der Waals surface area contributed by atoms with Gasteiger partial charge in [0.2, 0.25) is 0 Å². The van der Waals surface area contributed by atoms with Gasteiger partial charge in [-0.05, 0) is 28.1 Å². The Bertz CT molecular complexity index is 566. The van der Waals surface area contributed by atoms with Gasteiger partial charge >= 0.3 is 5.97 Å². The molecule has 0 fully saturated rings. The zero-order valence-electron chi connectivity index (χ0n) is 9.05. The number of carbonyl (C=O) groups excluding carboxylic acids is 1. The lowest BCUT2D eigenvalue weighted by Crippen LogP contribution is -2.07. The van der Waals surface area contributed by atoms with E-state index >= 15 is 0 Å². The maximum Gasteiger partial charge on any atom is 0.360 e. The predicted octanol–water partition coefficient (Wildman–Crippen LogP) is 2.00. The van der Waals surface area contributed by atoms with Crippen molar-refractivity contribution in [3.63, 3.8) is 0 Å². The number of esters is 1. The fraction of sp³-hybridized carbons (Fsp3) is 0.0909. The van der Waals surface area contributed by atoms with Crippen LogP contribution in [-0.4, -0.2) is 22.6 Å². The Morgan fingerprint density at radius 1 is 1.47 bits per heavy atom. The van der Waals surface area contributed by atoms with Crippen LogP contribution in [0.1, 0.15) is 10.5 Å². The number of anilines is 1. The molecule has 0 saturated carbocycles. The molecule has 17 heavy (non-hydrogen) atoms. The van der Waals surface area contributed by atoms with E-state index in [1.807, 2.05) is 24.3 Å². The van der Waals surface area contributed by atoms with Gasteiger partial charge in [0.05, 0.1) is 12.8 Å². The largest absolute Gasteiger partial charge is 0.464 e. The van der Waals surface area contributed by atoms with Gasteiger partial charge in [0.15, 0.2) is 5.69 Å². The van der Waals surface area contributed by atoms with Crippen LogP contribution in [0.2, 0.25) is 0 Å². The Balaban J connectivity index is 2.52. The third-order valence-corrected chi connectivity index (χ3v) is 2.97. The molecule has 5 nitrogen and oxygen atoms in total. The highest BCUT2D eigenvalue weighted by Gasteiger charge is 2.17. The summed E-state index contributed by atoms with van der Waals surface area (Å²) in [5, 5.41) is 0. The summed E-state index contributed by atoms with van der Waals surface area (Å²) in [6.07, 6.45) is 1.49. The first-order chi connectivity index (χ1) is 8.15. The second-order valence-corrected chi connectivity index (χ2v) is 4.15. The third kappa shape index (κ3) is 2.03. The van der Waals surface area contributed by atoms with E-state index in [2.05, 4.69) is 25.7 Å². The van der Waals surface area contributed by atoms with Crippen molar-refractivity contribution >= 4 is 27.7 Å². The number of ether oxygens (including phenoxy) is 1. The number of para-hydroxylation sites is 1. The van der Waals surface area contributed by atoms with Crippen LogP contribution in [0, 0.1) is 0 Å². The molecule has 2 aromatic rings. The number of nitrogen functional groups attached to an aromatic ring is 1. The molecule has 0 saturated heterocycles. The van der Waals surface area contributed by atoms with E-state index in [0.717, 1.165) is 10.2 Å². The normalized spacial score (nSPS) is 10.2. The van der Waals surface area contributed by atoms with Crippen LogP contribution in [0.15, 0.2) is 35.1 Å². The van der Waals surface area contributed by atoms with Gasteiger partial charge in [-0.15, -0.1) is 0 Å². The average molecular weight is 296 g/mol. The van der Waals surface area contributed by atoms with E-state index in [4.69, 9.17) is 5.73 Å². The summed E-state index contributed by atoms with van der Waals surface area (Å²) in [4.78, 5) is 15.3. The van der Waals surface area contributed by atoms with Crippen LogP contribution in [0.5, 0.6) is 0 Å². The first-order valence-corrected chi connectivity index (χ1v) is 5.60. The minimum absolute atomic E-state index is 0.114. The molecule has 0 aliphatic heterocycles. The van der Waals surface area contributed by atoms with E-state index < -0.39 is 5.97 Å². The molecule has 0 bridgehead atoms. The molecule has 2 rings (SSSR count). The smallest absolute Gasteiger partial charge is 0.360 e. The Morgan fingerprint density at radius 3 is 2.82 bits per heavy atom. The average Bonchev–Trinajstić information content (AvgIpc) is 2.71. The zero-order chi connectivity index (χ0) is 12.4. The van der Waals surface area contributed by atoms with Crippen LogP contribution in [0.25, 0.3) is 5.69 Å². The summed E-state index contributed by atoms with van der Waals surface area (Å²) in [6, 6.07) is 7.51. The number of hydrogen-bond donors (Lipinski definition) is 1. The SMILES string of the molecule is COC(=O)c1ncn(-c2ccccc2Br)c1N. The van der Waals surface area contributed by atoms with Gasteiger partial charge in [0, 0.05) is 4.47 Å². The van der Waals surface area contributed by atoms with Crippen molar-refractivity contribution in [2.24, 2.45) is 0 Å². The first kappa shape index (κ1) is 11.7. The molecule has 1 aromatic heterocycles. The molecule has 0 atom stereocenters. The Labute approximate surface area is 106 Å². The second-order valence-electron chi connectivity index (χ2n) is 3.29. The highest BCUT2D eigenvalue weighted by Crippen LogP contribution is 2.24. The van der Waals surface area contributed by atoms with Crippen molar-refractivity contribution in [3.05, 3.63) is 40.8 Å². The molecule has 6 heteroatoms. The van der Waals surface area contributed by atoms with E-state index in [9.17, 15) is 4.79 Å². The molecule has 0 aliphatic rings. The predicted molar refractivity (Wildman–Crippen MR) is 67.0 cm³/mol. The van der Waals surface area contributed by atoms with E-state index in [1.165, 1.54) is 13.4 Å². The fourth-order valence-electron chi connectivity index (χ4n) is 1.45. The molecule has 2 N–H and O–H groups in total. The van der Waals surface area contributed by atoms with Gasteiger partial charge in [-0.3, -0.25) is 4.57 Å². The molecule has 0 spiro atoms. The lowest BCUT2D eigenvalue weighted by Gasteiger charge is -2.07. The number of carbonyl (C=O) groups is 1. The first-order valence-electron chi connectivity index (χ1n) is 4.81. The third-order valence-electron chi connectivity index (χ3n) is 2.30. The van der Waals surface area contributed by atoms with E-state index in [-0.39, 0.29) is 11.5 Å². The van der Waals surface area contributed by atoms with E-state index in [1.54, 1.807) is 4.57 Å². The zero-order valence-corrected chi connectivity index (χ0v) is 10.6. The summed E-state index contributed by atoms with van der Waals surface area (Å²) in [5.41, 5.74) is 6.79. The summed E-state index contributed by atoms with van der Waals surface area (Å²) in [6.45, 7) is 0. The second kappa shape index (κ2) is 4.58. The number of rotatable bonds is 2. The van der Waals surface area contributed by atoms with Gasteiger partial charge in [-0.25, -0.2) is 9.78 Å². The Hall–Kier alpha value is -1.82. The van der Waals surface area contributed by atoms with Crippen molar-refractivity contribution in [3.8, 4) is 5.69 Å².